The van der Waals surface area contributed by atoms with Crippen molar-refractivity contribution < 1.29 is 14.3 Å². The van der Waals surface area contributed by atoms with E-state index >= 15 is 0 Å². The number of hydrogen-bond acceptors (Lipinski definition) is 6. The number of amides is 2. The number of aryl methyl sites for hydroxylation is 2. The number of pyridine rings is 1. The molecule has 0 spiro atoms. The predicted molar refractivity (Wildman–Crippen MR) is 154 cm³/mol. The maximum absolute atomic E-state index is 13.3. The molecular formula is C30H43N5O4. The van der Waals surface area contributed by atoms with Crippen molar-refractivity contribution in [2.75, 3.05) is 18.0 Å². The van der Waals surface area contributed by atoms with Gasteiger partial charge in [-0.25, -0.2) is 4.79 Å². The summed E-state index contributed by atoms with van der Waals surface area (Å²) in [6, 6.07) is 7.62. The lowest BCUT2D eigenvalue weighted by atomic mass is 9.98. The molecule has 212 valence electrons. The van der Waals surface area contributed by atoms with E-state index < -0.39 is 11.7 Å². The van der Waals surface area contributed by atoms with Gasteiger partial charge in [-0.1, -0.05) is 6.92 Å². The van der Waals surface area contributed by atoms with Crippen molar-refractivity contribution in [1.29, 1.82) is 5.26 Å². The number of carbonyl (C=O) groups excluding carboxylic acids is 2. The fourth-order valence-electron chi connectivity index (χ4n) is 4.71. The van der Waals surface area contributed by atoms with Crippen LogP contribution in [0.3, 0.4) is 0 Å². The lowest BCUT2D eigenvalue weighted by molar-refractivity contribution is 0.0526. The van der Waals surface area contributed by atoms with E-state index in [1.165, 1.54) is 0 Å². The lowest BCUT2D eigenvalue weighted by Gasteiger charge is -2.34. The van der Waals surface area contributed by atoms with E-state index in [0.717, 1.165) is 41.8 Å². The number of hydrogen-bond donors (Lipinski definition) is 3. The van der Waals surface area contributed by atoms with Gasteiger partial charge in [-0.2, -0.15) is 5.26 Å². The molecule has 0 saturated heterocycles. The summed E-state index contributed by atoms with van der Waals surface area (Å²) in [4.78, 5) is 42.6. The number of H-pyrrole nitrogens is 1. The third kappa shape index (κ3) is 8.88. The number of aromatic nitrogens is 1. The highest BCUT2D eigenvalue weighted by Gasteiger charge is 2.23. The monoisotopic (exact) mass is 537 g/mol. The maximum atomic E-state index is 13.3. The number of anilines is 1. The van der Waals surface area contributed by atoms with Crippen LogP contribution in [-0.2, 0) is 11.3 Å². The van der Waals surface area contributed by atoms with E-state index in [1.54, 1.807) is 6.07 Å². The van der Waals surface area contributed by atoms with Crippen LogP contribution in [0.2, 0.25) is 0 Å². The van der Waals surface area contributed by atoms with Crippen molar-refractivity contribution in [3.63, 3.8) is 0 Å². The average molecular weight is 538 g/mol. The van der Waals surface area contributed by atoms with Crippen molar-refractivity contribution in [3.05, 3.63) is 62.1 Å². The fraction of sp³-hybridized carbons (Fsp3) is 0.533. The Bertz CT molecular complexity index is 1270. The minimum absolute atomic E-state index is 0.0888. The van der Waals surface area contributed by atoms with Crippen molar-refractivity contribution in [1.82, 2.24) is 15.6 Å². The van der Waals surface area contributed by atoms with Crippen LogP contribution >= 0.6 is 0 Å². The second-order valence-electron chi connectivity index (χ2n) is 10.8. The molecule has 2 rings (SSSR count). The van der Waals surface area contributed by atoms with E-state index in [4.69, 9.17) is 4.74 Å². The molecule has 1 heterocycles. The first-order valence-corrected chi connectivity index (χ1v) is 13.6. The third-order valence-electron chi connectivity index (χ3n) is 6.62. The van der Waals surface area contributed by atoms with Gasteiger partial charge in [0.2, 0.25) is 0 Å². The highest BCUT2D eigenvalue weighted by molar-refractivity contribution is 5.97. The smallest absolute Gasteiger partial charge is 0.407 e. The summed E-state index contributed by atoms with van der Waals surface area (Å²) in [5.74, 6) is -0.337. The molecule has 1 atom stereocenters. The molecule has 0 aliphatic carbocycles. The molecule has 0 bridgehead atoms. The molecule has 2 amide bonds. The van der Waals surface area contributed by atoms with Crippen LogP contribution < -0.4 is 21.1 Å². The molecule has 9 nitrogen and oxygen atoms in total. The van der Waals surface area contributed by atoms with Crippen LogP contribution in [0, 0.1) is 32.1 Å². The van der Waals surface area contributed by atoms with Crippen LogP contribution in [-0.4, -0.2) is 41.7 Å². The summed E-state index contributed by atoms with van der Waals surface area (Å²) in [7, 11) is 0. The fourth-order valence-corrected chi connectivity index (χ4v) is 4.71. The molecule has 1 unspecified atom stereocenters. The van der Waals surface area contributed by atoms with Crippen molar-refractivity contribution in [3.8, 4) is 6.07 Å². The van der Waals surface area contributed by atoms with Gasteiger partial charge in [-0.15, -0.1) is 0 Å². The Balaban J connectivity index is 2.22. The molecule has 3 N–H and O–H groups in total. The van der Waals surface area contributed by atoms with E-state index in [9.17, 15) is 19.6 Å². The van der Waals surface area contributed by atoms with Gasteiger partial charge in [0.1, 0.15) is 5.60 Å². The topological polar surface area (TPSA) is 127 Å². The molecule has 0 radical (unpaired) electrons. The zero-order valence-corrected chi connectivity index (χ0v) is 24.6. The van der Waals surface area contributed by atoms with Crippen LogP contribution in [0.15, 0.2) is 23.0 Å². The molecular weight excluding hydrogens is 494 g/mol. The molecule has 0 fully saturated rings. The van der Waals surface area contributed by atoms with Crippen LogP contribution in [0.25, 0.3) is 0 Å². The first-order valence-electron chi connectivity index (χ1n) is 13.6. The first-order chi connectivity index (χ1) is 18.3. The molecule has 0 saturated carbocycles. The molecule has 39 heavy (non-hydrogen) atoms. The average Bonchev–Trinajstić information content (AvgIpc) is 2.84. The Labute approximate surface area is 231 Å². The number of benzene rings is 1. The summed E-state index contributed by atoms with van der Waals surface area (Å²) in [5.41, 5.74) is 3.71. The Hall–Kier alpha value is -3.80. The van der Waals surface area contributed by atoms with Gasteiger partial charge in [0.15, 0.2) is 0 Å². The van der Waals surface area contributed by atoms with Gasteiger partial charge in [0.25, 0.3) is 11.5 Å². The van der Waals surface area contributed by atoms with Crippen molar-refractivity contribution in [2.45, 2.75) is 92.8 Å². The summed E-state index contributed by atoms with van der Waals surface area (Å²) < 4.78 is 5.30. The van der Waals surface area contributed by atoms with Crippen molar-refractivity contribution >= 4 is 17.7 Å². The van der Waals surface area contributed by atoms with Crippen LogP contribution in [0.5, 0.6) is 0 Å². The zero-order chi connectivity index (χ0) is 29.3. The minimum Gasteiger partial charge on any atom is -0.444 e. The maximum Gasteiger partial charge on any atom is 0.407 e. The van der Waals surface area contributed by atoms with Crippen LogP contribution in [0.1, 0.15) is 92.2 Å². The highest BCUT2D eigenvalue weighted by Crippen LogP contribution is 2.29. The zero-order valence-electron chi connectivity index (χ0n) is 24.6. The number of ether oxygens (including phenoxy) is 1. The number of nitrogens with zero attached hydrogens (tertiary/aromatic N) is 2. The first kappa shape index (κ1) is 31.4. The Morgan fingerprint density at radius 2 is 1.82 bits per heavy atom. The van der Waals surface area contributed by atoms with E-state index in [0.29, 0.717) is 29.8 Å². The summed E-state index contributed by atoms with van der Waals surface area (Å²) in [5, 5.41) is 15.4. The number of alkyl carbamates (subject to hydrolysis) is 1. The van der Waals surface area contributed by atoms with Gasteiger partial charge in [-0.3, -0.25) is 9.59 Å². The Morgan fingerprint density at radius 1 is 1.13 bits per heavy atom. The van der Waals surface area contributed by atoms with E-state index in [-0.39, 0.29) is 24.1 Å². The molecule has 2 aromatic rings. The largest absolute Gasteiger partial charge is 0.444 e. The Kier molecular flexibility index (Phi) is 11.1. The Morgan fingerprint density at radius 3 is 2.38 bits per heavy atom. The van der Waals surface area contributed by atoms with E-state index in [1.807, 2.05) is 60.6 Å². The van der Waals surface area contributed by atoms with Crippen LogP contribution in [0.4, 0.5) is 10.5 Å². The van der Waals surface area contributed by atoms with Crippen molar-refractivity contribution in [2.24, 2.45) is 0 Å². The van der Waals surface area contributed by atoms with Gasteiger partial charge in [0.05, 0.1) is 11.6 Å². The standard InChI is InChI=1S/C30H43N5O4/c1-9-23(12-11-13-32-29(38)39-30(6,7)8)35(10-2)26-16-22(17-31)15-24(21(26)5)27(36)33-18-25-19(3)14-20(4)34-28(25)37/h14-16,23H,9-13,18H2,1-8H3,(H,32,38)(H,33,36)(H,34,37). The SMILES string of the molecule is CCC(CCCNC(=O)OC(C)(C)C)N(CC)c1cc(C#N)cc(C(=O)NCc2c(C)cc(C)[nH]c2=O)c1C. The molecule has 1 aromatic carbocycles. The van der Waals surface area contributed by atoms with E-state index in [2.05, 4.69) is 33.5 Å². The molecule has 1 aromatic heterocycles. The number of nitriles is 1. The lowest BCUT2D eigenvalue weighted by Crippen LogP contribution is -2.37. The summed E-state index contributed by atoms with van der Waals surface area (Å²) >= 11 is 0. The van der Waals surface area contributed by atoms with Gasteiger partial charge in [0, 0.05) is 48.2 Å². The number of nitrogens with one attached hydrogen (secondary N) is 3. The minimum atomic E-state index is -0.545. The third-order valence-corrected chi connectivity index (χ3v) is 6.62. The van der Waals surface area contributed by atoms with Gasteiger partial charge < -0.3 is 25.3 Å². The quantitative estimate of drug-likeness (QED) is 0.346. The molecule has 0 aliphatic heterocycles. The summed E-state index contributed by atoms with van der Waals surface area (Å²) in [6.07, 6.45) is 1.99. The predicted octanol–water partition coefficient (Wildman–Crippen LogP) is 5.01. The normalized spacial score (nSPS) is 11.9. The number of aromatic amines is 1. The number of rotatable bonds is 11. The van der Waals surface area contributed by atoms with Gasteiger partial charge in [-0.05, 0) is 97.1 Å². The molecule has 0 aliphatic rings. The molecule has 9 heteroatoms. The number of carbonyl (C=O) groups is 2. The second kappa shape index (κ2) is 13.8. The summed E-state index contributed by atoms with van der Waals surface area (Å²) in [6.45, 7) is 16.4. The van der Waals surface area contributed by atoms with Gasteiger partial charge >= 0.3 is 6.09 Å². The highest BCUT2D eigenvalue weighted by atomic mass is 16.6. The second-order valence-corrected chi connectivity index (χ2v) is 10.8.